The summed E-state index contributed by atoms with van der Waals surface area (Å²) in [4.78, 5) is 0. The van der Waals surface area contributed by atoms with E-state index in [9.17, 15) is 0 Å². The Bertz CT molecular complexity index is 706. The molecule has 1 aliphatic rings. The van der Waals surface area contributed by atoms with Gasteiger partial charge in [-0.15, -0.1) is 0 Å². The lowest BCUT2D eigenvalue weighted by molar-refractivity contribution is 0.0996. The highest BCUT2D eigenvalue weighted by atomic mass is 16.6. The Kier molecular flexibility index (Phi) is 7.71. The third kappa shape index (κ3) is 5.47. The summed E-state index contributed by atoms with van der Waals surface area (Å²) in [6.45, 7) is 6.82. The largest absolute Gasteiger partial charge is 0.491 e. The predicted molar refractivity (Wildman–Crippen MR) is 112 cm³/mol. The zero-order valence-electron chi connectivity index (χ0n) is 16.9. The van der Waals surface area contributed by atoms with Crippen LogP contribution in [0.5, 0.6) is 23.0 Å². The molecule has 0 aromatic heterocycles. The Hall–Kier alpha value is -2.56. The Morgan fingerprint density at radius 3 is 2.18 bits per heavy atom. The maximum Gasteiger partial charge on any atom is 0.161 e. The standard InChI is InChI=1S/C23H31NO4/c1-3-5-14-25-21-12-9-13-22(26-15-6-4-2)23(21)24-16-18-17-27-19-10-7-8-11-20(19)28-18/h7-13,18,24H,3-6,14-17H2,1-2H3/t18-/m1/s1. The zero-order valence-corrected chi connectivity index (χ0v) is 16.9. The molecule has 1 heterocycles. The molecule has 0 spiro atoms. The van der Waals surface area contributed by atoms with Crippen LogP contribution in [0, 0.1) is 0 Å². The van der Waals surface area contributed by atoms with Gasteiger partial charge in [0.05, 0.1) is 19.8 Å². The molecule has 0 fully saturated rings. The van der Waals surface area contributed by atoms with Gasteiger partial charge < -0.3 is 24.3 Å². The van der Waals surface area contributed by atoms with Gasteiger partial charge in [0.2, 0.25) is 0 Å². The maximum absolute atomic E-state index is 6.06. The summed E-state index contributed by atoms with van der Waals surface area (Å²) in [5.74, 6) is 3.22. The lowest BCUT2D eigenvalue weighted by Gasteiger charge is -2.27. The first-order valence-electron chi connectivity index (χ1n) is 10.3. The topological polar surface area (TPSA) is 49.0 Å². The molecular formula is C23H31NO4. The van der Waals surface area contributed by atoms with Crippen molar-refractivity contribution in [3.05, 3.63) is 42.5 Å². The summed E-state index contributed by atoms with van der Waals surface area (Å²) in [6.07, 6.45) is 4.17. The molecule has 0 saturated heterocycles. The van der Waals surface area contributed by atoms with Gasteiger partial charge in [0.25, 0.3) is 0 Å². The summed E-state index contributed by atoms with van der Waals surface area (Å²) in [5, 5.41) is 3.48. The number of rotatable bonds is 11. The fraction of sp³-hybridized carbons (Fsp3) is 0.478. The van der Waals surface area contributed by atoms with Crippen LogP contribution >= 0.6 is 0 Å². The third-order valence-electron chi connectivity index (χ3n) is 4.57. The van der Waals surface area contributed by atoms with Crippen molar-refractivity contribution in [2.24, 2.45) is 0 Å². The second kappa shape index (κ2) is 10.7. The average Bonchev–Trinajstić information content (AvgIpc) is 2.73. The van der Waals surface area contributed by atoms with Crippen molar-refractivity contribution in [1.82, 2.24) is 0 Å². The Morgan fingerprint density at radius 1 is 0.893 bits per heavy atom. The van der Waals surface area contributed by atoms with E-state index in [1.807, 2.05) is 42.5 Å². The minimum atomic E-state index is -0.0814. The van der Waals surface area contributed by atoms with Gasteiger partial charge in [-0.1, -0.05) is 44.9 Å². The number of hydrogen-bond donors (Lipinski definition) is 1. The summed E-state index contributed by atoms with van der Waals surface area (Å²) in [5.41, 5.74) is 0.886. The molecule has 0 unspecified atom stereocenters. The maximum atomic E-state index is 6.06. The van der Waals surface area contributed by atoms with E-state index in [1.165, 1.54) is 0 Å². The number of nitrogens with one attached hydrogen (secondary N) is 1. The van der Waals surface area contributed by atoms with Crippen LogP contribution in [-0.2, 0) is 0 Å². The third-order valence-corrected chi connectivity index (χ3v) is 4.57. The molecule has 5 heteroatoms. The van der Waals surface area contributed by atoms with E-state index in [0.717, 1.165) is 54.4 Å². The quantitative estimate of drug-likeness (QED) is 0.532. The highest BCUT2D eigenvalue weighted by Gasteiger charge is 2.21. The van der Waals surface area contributed by atoms with Crippen molar-refractivity contribution in [2.75, 3.05) is 31.7 Å². The minimum Gasteiger partial charge on any atom is -0.491 e. The molecule has 2 aromatic carbocycles. The molecule has 0 saturated carbocycles. The van der Waals surface area contributed by atoms with Gasteiger partial charge in [-0.25, -0.2) is 0 Å². The number of fused-ring (bicyclic) bond motifs is 1. The van der Waals surface area contributed by atoms with Crippen molar-refractivity contribution < 1.29 is 18.9 Å². The minimum absolute atomic E-state index is 0.0814. The van der Waals surface area contributed by atoms with Crippen LogP contribution in [0.1, 0.15) is 39.5 Å². The molecule has 28 heavy (non-hydrogen) atoms. The molecule has 152 valence electrons. The normalized spacial score (nSPS) is 15.1. The molecular weight excluding hydrogens is 354 g/mol. The van der Waals surface area contributed by atoms with Gasteiger partial charge in [0, 0.05) is 0 Å². The van der Waals surface area contributed by atoms with Gasteiger partial charge in [-0.3, -0.25) is 0 Å². The summed E-state index contributed by atoms with van der Waals surface area (Å²) >= 11 is 0. The Labute approximate surface area is 168 Å². The highest BCUT2D eigenvalue weighted by Crippen LogP contribution is 2.36. The van der Waals surface area contributed by atoms with E-state index >= 15 is 0 Å². The molecule has 1 N–H and O–H groups in total. The van der Waals surface area contributed by atoms with Crippen LogP contribution in [0.3, 0.4) is 0 Å². The van der Waals surface area contributed by atoms with E-state index in [0.29, 0.717) is 26.4 Å². The van der Waals surface area contributed by atoms with Crippen molar-refractivity contribution in [2.45, 2.75) is 45.6 Å². The SMILES string of the molecule is CCCCOc1cccc(OCCCC)c1NC[C@@H]1COc2ccccc2O1. The lowest BCUT2D eigenvalue weighted by atomic mass is 10.2. The smallest absolute Gasteiger partial charge is 0.161 e. The Balaban J connectivity index is 1.67. The second-order valence-electron chi connectivity index (χ2n) is 6.91. The van der Waals surface area contributed by atoms with E-state index in [2.05, 4.69) is 19.2 Å². The van der Waals surface area contributed by atoms with Gasteiger partial charge in [0.15, 0.2) is 11.5 Å². The molecule has 0 aliphatic carbocycles. The van der Waals surface area contributed by atoms with Gasteiger partial charge in [-0.05, 0) is 37.1 Å². The number of unbranched alkanes of at least 4 members (excludes halogenated alkanes) is 2. The van der Waals surface area contributed by atoms with E-state index < -0.39 is 0 Å². The van der Waals surface area contributed by atoms with Gasteiger partial charge in [-0.2, -0.15) is 0 Å². The number of para-hydroxylation sites is 3. The fourth-order valence-electron chi connectivity index (χ4n) is 2.96. The summed E-state index contributed by atoms with van der Waals surface area (Å²) < 4.78 is 23.9. The van der Waals surface area contributed by atoms with Crippen LogP contribution in [-0.4, -0.2) is 32.5 Å². The first kappa shape index (κ1) is 20.2. The fourth-order valence-corrected chi connectivity index (χ4v) is 2.96. The number of hydrogen-bond acceptors (Lipinski definition) is 5. The van der Waals surface area contributed by atoms with Gasteiger partial charge in [0.1, 0.15) is 29.9 Å². The monoisotopic (exact) mass is 385 g/mol. The predicted octanol–water partition coefficient (Wildman–Crippen LogP) is 5.30. The second-order valence-corrected chi connectivity index (χ2v) is 6.91. The van der Waals surface area contributed by atoms with Crippen molar-refractivity contribution in [3.63, 3.8) is 0 Å². The van der Waals surface area contributed by atoms with E-state index in [4.69, 9.17) is 18.9 Å². The molecule has 2 aromatic rings. The number of ether oxygens (including phenoxy) is 4. The first-order chi connectivity index (χ1) is 13.8. The lowest BCUT2D eigenvalue weighted by Crippen LogP contribution is -2.35. The Morgan fingerprint density at radius 2 is 1.54 bits per heavy atom. The van der Waals surface area contributed by atoms with Crippen LogP contribution in [0.15, 0.2) is 42.5 Å². The molecule has 1 aliphatic heterocycles. The molecule has 1 atom stereocenters. The molecule has 0 bridgehead atoms. The van der Waals surface area contributed by atoms with Crippen LogP contribution in [0.4, 0.5) is 5.69 Å². The molecule has 5 nitrogen and oxygen atoms in total. The van der Waals surface area contributed by atoms with E-state index in [1.54, 1.807) is 0 Å². The van der Waals surface area contributed by atoms with Crippen molar-refractivity contribution >= 4 is 5.69 Å². The summed E-state index contributed by atoms with van der Waals surface area (Å²) in [6, 6.07) is 13.7. The molecule has 3 rings (SSSR count). The average molecular weight is 386 g/mol. The van der Waals surface area contributed by atoms with Crippen molar-refractivity contribution in [1.29, 1.82) is 0 Å². The van der Waals surface area contributed by atoms with Crippen LogP contribution in [0.25, 0.3) is 0 Å². The highest BCUT2D eigenvalue weighted by molar-refractivity contribution is 5.66. The number of anilines is 1. The van der Waals surface area contributed by atoms with Crippen molar-refractivity contribution in [3.8, 4) is 23.0 Å². The van der Waals surface area contributed by atoms with Crippen LogP contribution < -0.4 is 24.3 Å². The van der Waals surface area contributed by atoms with Crippen LogP contribution in [0.2, 0.25) is 0 Å². The van der Waals surface area contributed by atoms with Gasteiger partial charge >= 0.3 is 0 Å². The summed E-state index contributed by atoms with van der Waals surface area (Å²) in [7, 11) is 0. The van der Waals surface area contributed by atoms with E-state index in [-0.39, 0.29) is 6.10 Å². The molecule has 0 radical (unpaired) electrons. The number of benzene rings is 2. The molecule has 0 amide bonds. The zero-order chi connectivity index (χ0) is 19.6. The first-order valence-corrected chi connectivity index (χ1v) is 10.3.